The van der Waals surface area contributed by atoms with Crippen LogP contribution in [0.25, 0.3) is 0 Å². The molecular weight excluding hydrogens is 336 g/mol. The average Bonchev–Trinajstić information content (AvgIpc) is 2.85. The van der Waals surface area contributed by atoms with Gasteiger partial charge in [0.25, 0.3) is 11.6 Å². The second-order valence-electron chi connectivity index (χ2n) is 4.52. The van der Waals surface area contributed by atoms with Crippen LogP contribution in [0.3, 0.4) is 0 Å². The van der Waals surface area contributed by atoms with Crippen LogP contribution in [0.5, 0.6) is 0 Å². The zero-order chi connectivity index (χ0) is 14.0. The summed E-state index contributed by atoms with van der Waals surface area (Å²) in [6.07, 6.45) is 0.880. The number of amides is 1. The number of benzene rings is 1. The van der Waals surface area contributed by atoms with E-state index in [2.05, 4.69) is 15.9 Å². The van der Waals surface area contributed by atoms with Gasteiger partial charge < -0.3 is 4.90 Å². The van der Waals surface area contributed by atoms with E-state index in [0.29, 0.717) is 34.9 Å². The van der Waals surface area contributed by atoms with Crippen LogP contribution >= 0.6 is 27.5 Å². The van der Waals surface area contributed by atoms with Gasteiger partial charge in [0.1, 0.15) is 0 Å². The topological polar surface area (TPSA) is 63.4 Å². The van der Waals surface area contributed by atoms with Crippen molar-refractivity contribution in [2.45, 2.75) is 6.42 Å². The first-order chi connectivity index (χ1) is 9.01. The average molecular weight is 348 g/mol. The molecule has 1 unspecified atom stereocenters. The lowest BCUT2D eigenvalue weighted by Crippen LogP contribution is -2.28. The number of rotatable bonds is 3. The van der Waals surface area contributed by atoms with E-state index in [0.717, 1.165) is 6.42 Å². The van der Waals surface area contributed by atoms with Crippen molar-refractivity contribution in [1.82, 2.24) is 4.90 Å². The maximum absolute atomic E-state index is 12.3. The van der Waals surface area contributed by atoms with Gasteiger partial charge >= 0.3 is 0 Å². The minimum absolute atomic E-state index is 0.0918. The third-order valence-corrected chi connectivity index (χ3v) is 4.03. The maximum atomic E-state index is 12.3. The first-order valence-corrected chi connectivity index (χ1v) is 7.14. The molecular formula is C12H12BrClN2O3. The molecule has 2 rings (SSSR count). The highest BCUT2D eigenvalue weighted by atomic mass is 79.9. The Morgan fingerprint density at radius 1 is 1.53 bits per heavy atom. The number of carbonyl (C=O) groups is 1. The fourth-order valence-electron chi connectivity index (χ4n) is 2.13. The molecule has 0 radical (unpaired) electrons. The van der Waals surface area contributed by atoms with Gasteiger partial charge in [-0.1, -0.05) is 15.9 Å². The summed E-state index contributed by atoms with van der Waals surface area (Å²) in [5.74, 6) is 0.660. The summed E-state index contributed by atoms with van der Waals surface area (Å²) < 4.78 is 0.526. The van der Waals surface area contributed by atoms with Gasteiger partial charge in [-0.2, -0.15) is 0 Å². The Labute approximate surface area is 123 Å². The molecule has 1 fully saturated rings. The summed E-state index contributed by atoms with van der Waals surface area (Å²) in [4.78, 5) is 24.3. The van der Waals surface area contributed by atoms with Gasteiger partial charge in [0.2, 0.25) is 0 Å². The Kier molecular flexibility index (Phi) is 4.42. The molecule has 1 amide bonds. The quantitative estimate of drug-likeness (QED) is 0.479. The predicted molar refractivity (Wildman–Crippen MR) is 75.5 cm³/mol. The van der Waals surface area contributed by atoms with E-state index in [-0.39, 0.29) is 11.6 Å². The molecule has 1 aliphatic rings. The van der Waals surface area contributed by atoms with Gasteiger partial charge in [0.15, 0.2) is 0 Å². The van der Waals surface area contributed by atoms with E-state index in [9.17, 15) is 14.9 Å². The number of carbonyl (C=O) groups excluding carboxylic acids is 1. The standard InChI is InChI=1S/C12H12BrClN2O3/c13-10-3-9(4-11(5-10)16(18)19)12(17)15-2-1-8(6-14)7-15/h3-5,8H,1-2,6-7H2. The molecule has 0 aromatic heterocycles. The van der Waals surface area contributed by atoms with Crippen LogP contribution in [-0.2, 0) is 0 Å². The van der Waals surface area contributed by atoms with Crippen molar-refractivity contribution in [2.24, 2.45) is 5.92 Å². The molecule has 0 saturated carbocycles. The Balaban J connectivity index is 2.22. The second kappa shape index (κ2) is 5.88. The first kappa shape index (κ1) is 14.3. The molecule has 1 aromatic rings. The van der Waals surface area contributed by atoms with Gasteiger partial charge in [-0.3, -0.25) is 14.9 Å². The molecule has 1 atom stereocenters. The lowest BCUT2D eigenvalue weighted by atomic mass is 10.1. The number of hydrogen-bond donors (Lipinski definition) is 0. The number of non-ortho nitro benzene ring substituents is 1. The van der Waals surface area contributed by atoms with Crippen LogP contribution < -0.4 is 0 Å². The minimum atomic E-state index is -0.507. The number of nitro groups is 1. The number of nitrogens with zero attached hydrogens (tertiary/aromatic N) is 2. The SMILES string of the molecule is O=C(c1cc(Br)cc([N+](=O)[O-])c1)N1CCC(CCl)C1. The van der Waals surface area contributed by atoms with Crippen molar-refractivity contribution in [3.05, 3.63) is 38.3 Å². The van der Waals surface area contributed by atoms with E-state index >= 15 is 0 Å². The monoisotopic (exact) mass is 346 g/mol. The lowest BCUT2D eigenvalue weighted by Gasteiger charge is -2.16. The summed E-state index contributed by atoms with van der Waals surface area (Å²) in [6, 6.07) is 4.28. The number of likely N-dealkylation sites (tertiary alicyclic amines) is 1. The van der Waals surface area contributed by atoms with Crippen molar-refractivity contribution in [1.29, 1.82) is 0 Å². The van der Waals surface area contributed by atoms with Crippen LogP contribution in [0.2, 0.25) is 0 Å². The van der Waals surface area contributed by atoms with Gasteiger partial charge in [-0.05, 0) is 18.4 Å². The molecule has 0 N–H and O–H groups in total. The van der Waals surface area contributed by atoms with Crippen molar-refractivity contribution in [3.63, 3.8) is 0 Å². The Morgan fingerprint density at radius 3 is 2.84 bits per heavy atom. The van der Waals surface area contributed by atoms with Crippen LogP contribution in [-0.4, -0.2) is 34.7 Å². The smallest absolute Gasteiger partial charge is 0.271 e. The third kappa shape index (κ3) is 3.25. The zero-order valence-electron chi connectivity index (χ0n) is 10.0. The second-order valence-corrected chi connectivity index (χ2v) is 5.74. The zero-order valence-corrected chi connectivity index (χ0v) is 12.4. The predicted octanol–water partition coefficient (Wildman–Crippen LogP) is 3.06. The molecule has 0 bridgehead atoms. The van der Waals surface area contributed by atoms with Crippen molar-refractivity contribution in [3.8, 4) is 0 Å². The van der Waals surface area contributed by atoms with Crippen LogP contribution in [0.15, 0.2) is 22.7 Å². The Bertz CT molecular complexity index is 524. The van der Waals surface area contributed by atoms with Gasteiger partial charge in [0, 0.05) is 41.1 Å². The first-order valence-electron chi connectivity index (χ1n) is 5.81. The van der Waals surface area contributed by atoms with Crippen LogP contribution in [0.1, 0.15) is 16.8 Å². The summed E-state index contributed by atoms with van der Waals surface area (Å²) in [7, 11) is 0. The highest BCUT2D eigenvalue weighted by Crippen LogP contribution is 2.25. The van der Waals surface area contributed by atoms with Crippen molar-refractivity contribution >= 4 is 39.1 Å². The molecule has 102 valence electrons. The fraction of sp³-hybridized carbons (Fsp3) is 0.417. The lowest BCUT2D eigenvalue weighted by molar-refractivity contribution is -0.385. The van der Waals surface area contributed by atoms with Gasteiger partial charge in [0.05, 0.1) is 4.92 Å². The van der Waals surface area contributed by atoms with E-state index in [1.807, 2.05) is 0 Å². The number of alkyl halides is 1. The number of halogens is 2. The molecule has 1 aromatic carbocycles. The van der Waals surface area contributed by atoms with E-state index < -0.39 is 4.92 Å². The van der Waals surface area contributed by atoms with E-state index in [1.165, 1.54) is 12.1 Å². The minimum Gasteiger partial charge on any atom is -0.338 e. The van der Waals surface area contributed by atoms with Crippen LogP contribution in [0.4, 0.5) is 5.69 Å². The highest BCUT2D eigenvalue weighted by Gasteiger charge is 2.27. The third-order valence-electron chi connectivity index (χ3n) is 3.13. The normalized spacial score (nSPS) is 18.6. The van der Waals surface area contributed by atoms with Gasteiger partial charge in [-0.25, -0.2) is 0 Å². The molecule has 0 aliphatic carbocycles. The Hall–Kier alpha value is -1.14. The highest BCUT2D eigenvalue weighted by molar-refractivity contribution is 9.10. The summed E-state index contributed by atoms with van der Waals surface area (Å²) in [5, 5.41) is 10.8. The summed E-state index contributed by atoms with van der Waals surface area (Å²) in [5.41, 5.74) is 0.238. The Morgan fingerprint density at radius 2 is 2.26 bits per heavy atom. The molecule has 1 saturated heterocycles. The fourth-order valence-corrected chi connectivity index (χ4v) is 2.86. The molecule has 19 heavy (non-hydrogen) atoms. The molecule has 7 heteroatoms. The maximum Gasteiger partial charge on any atom is 0.271 e. The molecule has 0 spiro atoms. The van der Waals surface area contributed by atoms with E-state index in [1.54, 1.807) is 11.0 Å². The summed E-state index contributed by atoms with van der Waals surface area (Å²) in [6.45, 7) is 1.26. The largest absolute Gasteiger partial charge is 0.338 e. The van der Waals surface area contributed by atoms with Crippen molar-refractivity contribution in [2.75, 3.05) is 19.0 Å². The van der Waals surface area contributed by atoms with Gasteiger partial charge in [-0.15, -0.1) is 11.6 Å². The number of nitro benzene ring substituents is 1. The van der Waals surface area contributed by atoms with Crippen LogP contribution in [0, 0.1) is 16.0 Å². The summed E-state index contributed by atoms with van der Waals surface area (Å²) >= 11 is 8.97. The van der Waals surface area contributed by atoms with Crippen molar-refractivity contribution < 1.29 is 9.72 Å². The molecule has 1 aliphatic heterocycles. The number of hydrogen-bond acceptors (Lipinski definition) is 3. The molecule has 1 heterocycles. The molecule has 5 nitrogen and oxygen atoms in total. The van der Waals surface area contributed by atoms with E-state index in [4.69, 9.17) is 11.6 Å².